The zero-order valence-electron chi connectivity index (χ0n) is 12.5. The van der Waals surface area contributed by atoms with Gasteiger partial charge >= 0.3 is 12.1 Å². The van der Waals surface area contributed by atoms with Crippen molar-refractivity contribution < 1.29 is 31.9 Å². The van der Waals surface area contributed by atoms with E-state index in [9.17, 15) is 22.8 Å². The molecule has 0 spiro atoms. The second-order valence-corrected chi connectivity index (χ2v) is 5.13. The van der Waals surface area contributed by atoms with Crippen LogP contribution in [0.1, 0.15) is 11.3 Å². The number of alkyl halides is 3. The number of anilines is 1. The molecular weight excluding hydrogens is 363 g/mol. The van der Waals surface area contributed by atoms with Crippen LogP contribution in [0.5, 0.6) is 0 Å². The fourth-order valence-corrected chi connectivity index (χ4v) is 1.94. The zero-order valence-corrected chi connectivity index (χ0v) is 13.2. The highest BCUT2D eigenvalue weighted by Gasteiger charge is 2.34. The first-order valence-corrected chi connectivity index (χ1v) is 7.18. The summed E-state index contributed by atoms with van der Waals surface area (Å²) in [6.45, 7) is -0.749. The van der Waals surface area contributed by atoms with Gasteiger partial charge in [-0.2, -0.15) is 13.2 Å². The number of halogens is 4. The first kappa shape index (κ1) is 18.6. The van der Waals surface area contributed by atoms with Gasteiger partial charge in [-0.1, -0.05) is 11.6 Å². The lowest BCUT2D eigenvalue weighted by Crippen LogP contribution is -2.22. The number of hydrogen-bond acceptors (Lipinski definition) is 4. The van der Waals surface area contributed by atoms with Gasteiger partial charge in [0.25, 0.3) is 5.91 Å². The molecular formula is C16H11ClF3NO4. The van der Waals surface area contributed by atoms with E-state index in [1.807, 2.05) is 5.32 Å². The number of furan rings is 1. The summed E-state index contributed by atoms with van der Waals surface area (Å²) in [4.78, 5) is 23.1. The molecule has 132 valence electrons. The minimum absolute atomic E-state index is 0.125. The minimum atomic E-state index is -4.70. The number of ether oxygens (including phenoxy) is 1. The fraction of sp³-hybridized carbons (Fsp3) is 0.125. The molecule has 2 rings (SSSR count). The lowest BCUT2D eigenvalue weighted by molar-refractivity contribution is -0.142. The molecule has 0 atom stereocenters. The summed E-state index contributed by atoms with van der Waals surface area (Å²) in [6, 6.07) is 6.11. The Labute approximate surface area is 145 Å². The molecule has 0 radical (unpaired) electrons. The van der Waals surface area contributed by atoms with Crippen molar-refractivity contribution in [2.24, 2.45) is 0 Å². The number of nitrogens with one attached hydrogen (secondary N) is 1. The van der Waals surface area contributed by atoms with E-state index in [0.717, 1.165) is 12.1 Å². The summed E-state index contributed by atoms with van der Waals surface area (Å²) < 4.78 is 48.3. The van der Waals surface area contributed by atoms with Crippen LogP contribution in [0.3, 0.4) is 0 Å². The van der Waals surface area contributed by atoms with Crippen LogP contribution in [0.15, 0.2) is 47.1 Å². The highest BCUT2D eigenvalue weighted by molar-refractivity contribution is 6.30. The molecule has 25 heavy (non-hydrogen) atoms. The van der Waals surface area contributed by atoms with Crippen LogP contribution in [-0.2, 0) is 20.5 Å². The molecule has 1 heterocycles. The average molecular weight is 374 g/mol. The van der Waals surface area contributed by atoms with Crippen molar-refractivity contribution in [3.8, 4) is 0 Å². The van der Waals surface area contributed by atoms with Gasteiger partial charge in [-0.3, -0.25) is 4.79 Å². The van der Waals surface area contributed by atoms with Crippen molar-refractivity contribution in [1.82, 2.24) is 0 Å². The van der Waals surface area contributed by atoms with E-state index in [1.54, 1.807) is 12.1 Å². The van der Waals surface area contributed by atoms with Crippen molar-refractivity contribution in [3.05, 3.63) is 59.0 Å². The Balaban J connectivity index is 1.93. The Hall–Kier alpha value is -2.74. The number of hydrogen-bond donors (Lipinski definition) is 1. The van der Waals surface area contributed by atoms with E-state index < -0.39 is 35.9 Å². The summed E-state index contributed by atoms with van der Waals surface area (Å²) in [6.07, 6.45) is -0.949. The molecule has 0 aliphatic carbocycles. The third-order valence-electron chi connectivity index (χ3n) is 2.83. The van der Waals surface area contributed by atoms with Crippen LogP contribution in [0.2, 0.25) is 5.02 Å². The van der Waals surface area contributed by atoms with Crippen LogP contribution < -0.4 is 5.32 Å². The number of amides is 1. The minimum Gasteiger partial charge on any atom is -0.465 e. The Morgan fingerprint density at radius 2 is 2.04 bits per heavy atom. The van der Waals surface area contributed by atoms with Crippen LogP contribution in [-0.4, -0.2) is 18.5 Å². The summed E-state index contributed by atoms with van der Waals surface area (Å²) in [5.41, 5.74) is -1.58. The first-order chi connectivity index (χ1) is 11.8. The molecule has 0 fully saturated rings. The van der Waals surface area contributed by atoms with E-state index in [-0.39, 0.29) is 5.02 Å². The van der Waals surface area contributed by atoms with Crippen molar-refractivity contribution in [1.29, 1.82) is 0 Å². The lowest BCUT2D eigenvalue weighted by Gasteiger charge is -2.14. The van der Waals surface area contributed by atoms with Crippen LogP contribution in [0.4, 0.5) is 18.9 Å². The smallest absolute Gasteiger partial charge is 0.418 e. The molecule has 1 aromatic carbocycles. The predicted octanol–water partition coefficient (Wildman–Crippen LogP) is 4.15. The van der Waals surface area contributed by atoms with Crippen LogP contribution in [0, 0.1) is 0 Å². The Kier molecular flexibility index (Phi) is 5.87. The maximum Gasteiger partial charge on any atom is 0.418 e. The number of benzene rings is 1. The number of esters is 1. The first-order valence-electron chi connectivity index (χ1n) is 6.80. The van der Waals surface area contributed by atoms with Gasteiger partial charge in [0.05, 0.1) is 17.5 Å². The van der Waals surface area contributed by atoms with E-state index >= 15 is 0 Å². The highest BCUT2D eigenvalue weighted by Crippen LogP contribution is 2.36. The highest BCUT2D eigenvalue weighted by atomic mass is 35.5. The number of rotatable bonds is 5. The van der Waals surface area contributed by atoms with Crippen molar-refractivity contribution in [2.45, 2.75) is 6.18 Å². The molecule has 0 saturated heterocycles. The second kappa shape index (κ2) is 7.89. The van der Waals surface area contributed by atoms with Gasteiger partial charge in [0.2, 0.25) is 0 Å². The van der Waals surface area contributed by atoms with Gasteiger partial charge in [-0.15, -0.1) is 0 Å². The molecule has 0 aliphatic rings. The van der Waals surface area contributed by atoms with Gasteiger partial charge in [0.15, 0.2) is 6.61 Å². The molecule has 5 nitrogen and oxygen atoms in total. The van der Waals surface area contributed by atoms with Crippen molar-refractivity contribution in [2.75, 3.05) is 11.9 Å². The normalized spacial score (nSPS) is 11.5. The lowest BCUT2D eigenvalue weighted by atomic mass is 10.1. The van der Waals surface area contributed by atoms with E-state index in [1.165, 1.54) is 18.4 Å². The van der Waals surface area contributed by atoms with Crippen molar-refractivity contribution in [3.63, 3.8) is 0 Å². The van der Waals surface area contributed by atoms with Crippen LogP contribution in [0.25, 0.3) is 6.08 Å². The molecule has 1 amide bonds. The Morgan fingerprint density at radius 1 is 1.28 bits per heavy atom. The van der Waals surface area contributed by atoms with E-state index in [2.05, 4.69) is 4.74 Å². The summed E-state index contributed by atoms with van der Waals surface area (Å²) in [5, 5.41) is 1.91. The van der Waals surface area contributed by atoms with Gasteiger partial charge < -0.3 is 14.5 Å². The summed E-state index contributed by atoms with van der Waals surface area (Å²) in [7, 11) is 0. The third-order valence-corrected chi connectivity index (χ3v) is 3.07. The standard InChI is InChI=1S/C16H11ClF3NO4/c17-10-3-5-13(12(8-10)16(18,19)20)21-14(22)9-25-15(23)6-4-11-2-1-7-24-11/h1-8H,9H2,(H,21,22)/b6-4+. The topological polar surface area (TPSA) is 68.5 Å². The molecule has 0 unspecified atom stereocenters. The van der Waals surface area contributed by atoms with Gasteiger partial charge in [0.1, 0.15) is 5.76 Å². The molecule has 0 saturated carbocycles. The Bertz CT molecular complexity index is 785. The largest absolute Gasteiger partial charge is 0.465 e. The predicted molar refractivity (Wildman–Crippen MR) is 83.8 cm³/mol. The monoisotopic (exact) mass is 373 g/mol. The van der Waals surface area contributed by atoms with Gasteiger partial charge in [-0.05, 0) is 36.4 Å². The summed E-state index contributed by atoms with van der Waals surface area (Å²) >= 11 is 5.54. The van der Waals surface area contributed by atoms with Crippen molar-refractivity contribution >= 4 is 35.2 Å². The number of carbonyl (C=O) groups is 2. The molecule has 0 bridgehead atoms. The fourth-order valence-electron chi connectivity index (χ4n) is 1.77. The summed E-state index contributed by atoms with van der Waals surface area (Å²) in [5.74, 6) is -1.37. The maximum atomic E-state index is 12.9. The third kappa shape index (κ3) is 5.68. The molecule has 9 heteroatoms. The molecule has 0 aliphatic heterocycles. The van der Waals surface area contributed by atoms with E-state index in [0.29, 0.717) is 11.8 Å². The quantitative estimate of drug-likeness (QED) is 0.631. The molecule has 1 aromatic heterocycles. The molecule has 1 N–H and O–H groups in total. The maximum absolute atomic E-state index is 12.9. The second-order valence-electron chi connectivity index (χ2n) is 4.69. The van der Waals surface area contributed by atoms with Gasteiger partial charge in [0, 0.05) is 11.1 Å². The SMILES string of the molecule is O=C(COC(=O)/C=C/c1ccco1)Nc1ccc(Cl)cc1C(F)(F)F. The average Bonchev–Trinajstić information content (AvgIpc) is 3.05. The number of carbonyl (C=O) groups excluding carboxylic acids is 2. The zero-order chi connectivity index (χ0) is 18.4. The van der Waals surface area contributed by atoms with E-state index in [4.69, 9.17) is 16.0 Å². The molecule has 2 aromatic rings. The van der Waals surface area contributed by atoms with Gasteiger partial charge in [-0.25, -0.2) is 4.79 Å². The van der Waals surface area contributed by atoms with Crippen LogP contribution >= 0.6 is 11.6 Å². The Morgan fingerprint density at radius 3 is 2.68 bits per heavy atom.